The number of alkyl halides is 3. The number of nitrogens with zero attached hydrogens (tertiary/aromatic N) is 2. The van der Waals surface area contributed by atoms with E-state index in [-0.39, 0.29) is 24.8 Å². The van der Waals surface area contributed by atoms with Gasteiger partial charge in [0.15, 0.2) is 0 Å². The number of carbonyl (C=O) groups excluding carboxylic acids is 2. The molecular weight excluding hydrogens is 373 g/mol. The zero-order chi connectivity index (χ0) is 20.5. The summed E-state index contributed by atoms with van der Waals surface area (Å²) in [5.41, 5.74) is 0.612. The summed E-state index contributed by atoms with van der Waals surface area (Å²) in [5.74, 6) is -0.819. The first-order chi connectivity index (χ1) is 13.2. The van der Waals surface area contributed by atoms with Crippen LogP contribution in [-0.4, -0.2) is 48.6 Å². The Morgan fingerprint density at radius 3 is 2.46 bits per heavy atom. The normalized spacial score (nSPS) is 21.0. The topological polar surface area (TPSA) is 49.9 Å². The van der Waals surface area contributed by atoms with Gasteiger partial charge in [-0.3, -0.25) is 9.59 Å². The van der Waals surface area contributed by atoms with E-state index in [1.54, 1.807) is 31.2 Å². The van der Waals surface area contributed by atoms with Crippen molar-refractivity contribution in [2.24, 2.45) is 11.8 Å². The van der Waals surface area contributed by atoms with E-state index in [4.69, 9.17) is 4.74 Å². The third kappa shape index (κ3) is 4.77. The van der Waals surface area contributed by atoms with Crippen molar-refractivity contribution in [3.05, 3.63) is 24.3 Å². The van der Waals surface area contributed by atoms with Crippen LogP contribution in [0.15, 0.2) is 24.3 Å². The Hall–Kier alpha value is -2.25. The Balaban J connectivity index is 1.72. The largest absolute Gasteiger partial charge is 0.494 e. The molecule has 0 unspecified atom stereocenters. The fraction of sp³-hybridized carbons (Fsp3) is 0.600. The van der Waals surface area contributed by atoms with Gasteiger partial charge < -0.3 is 14.5 Å². The van der Waals surface area contributed by atoms with Crippen LogP contribution in [-0.2, 0) is 9.59 Å². The third-order valence-corrected chi connectivity index (χ3v) is 5.36. The minimum atomic E-state index is -4.46. The van der Waals surface area contributed by atoms with Gasteiger partial charge in [0, 0.05) is 24.7 Å². The number of anilines is 1. The lowest BCUT2D eigenvalue weighted by atomic mass is 10.0. The van der Waals surface area contributed by atoms with Crippen LogP contribution in [0.3, 0.4) is 0 Å². The van der Waals surface area contributed by atoms with Gasteiger partial charge in [-0.15, -0.1) is 0 Å². The highest BCUT2D eigenvalue weighted by Gasteiger charge is 2.44. The summed E-state index contributed by atoms with van der Waals surface area (Å²) in [7, 11) is 0. The molecule has 154 valence electrons. The van der Waals surface area contributed by atoms with Crippen LogP contribution < -0.4 is 9.64 Å². The molecule has 2 amide bonds. The lowest BCUT2D eigenvalue weighted by Crippen LogP contribution is -2.48. The number of halogens is 3. The van der Waals surface area contributed by atoms with Gasteiger partial charge in [-0.2, -0.15) is 13.2 Å². The van der Waals surface area contributed by atoms with E-state index in [0.29, 0.717) is 18.0 Å². The van der Waals surface area contributed by atoms with Crippen LogP contribution in [0.25, 0.3) is 0 Å². The number of hydrogen-bond acceptors (Lipinski definition) is 3. The molecule has 28 heavy (non-hydrogen) atoms. The van der Waals surface area contributed by atoms with E-state index in [9.17, 15) is 22.8 Å². The Morgan fingerprint density at radius 2 is 1.93 bits per heavy atom. The second kappa shape index (κ2) is 8.01. The van der Waals surface area contributed by atoms with Crippen LogP contribution in [0.1, 0.15) is 33.1 Å². The first-order valence-corrected chi connectivity index (χ1v) is 9.60. The average Bonchev–Trinajstić information content (AvgIpc) is 3.41. The lowest BCUT2D eigenvalue weighted by Gasteiger charge is -2.32. The smallest absolute Gasteiger partial charge is 0.406 e. The van der Waals surface area contributed by atoms with E-state index >= 15 is 0 Å². The molecule has 0 bridgehead atoms. The number of amides is 2. The fourth-order valence-corrected chi connectivity index (χ4v) is 3.69. The molecule has 3 rings (SSSR count). The number of rotatable bonds is 7. The minimum Gasteiger partial charge on any atom is -0.494 e. The Morgan fingerprint density at radius 1 is 1.29 bits per heavy atom. The summed E-state index contributed by atoms with van der Waals surface area (Å²) in [6.07, 6.45) is -2.86. The number of hydrogen-bond donors (Lipinski definition) is 0. The highest BCUT2D eigenvalue weighted by Crippen LogP contribution is 2.37. The number of carbonyl (C=O) groups is 2. The predicted octanol–water partition coefficient (Wildman–Crippen LogP) is 3.63. The van der Waals surface area contributed by atoms with Crippen molar-refractivity contribution in [2.75, 3.05) is 24.6 Å². The zero-order valence-corrected chi connectivity index (χ0v) is 16.0. The van der Waals surface area contributed by atoms with Crippen molar-refractivity contribution in [1.82, 2.24) is 4.90 Å². The quantitative estimate of drug-likeness (QED) is 0.705. The van der Waals surface area contributed by atoms with Gasteiger partial charge >= 0.3 is 6.18 Å². The number of ether oxygens (including phenoxy) is 1. The first-order valence-electron chi connectivity index (χ1n) is 9.60. The summed E-state index contributed by atoms with van der Waals surface area (Å²) >= 11 is 0. The second-order valence-electron chi connectivity index (χ2n) is 7.49. The van der Waals surface area contributed by atoms with Crippen molar-refractivity contribution >= 4 is 17.5 Å². The molecular formula is C20H25F3N2O3. The molecule has 0 aromatic heterocycles. The van der Waals surface area contributed by atoms with E-state index < -0.39 is 30.6 Å². The van der Waals surface area contributed by atoms with Crippen molar-refractivity contribution in [2.45, 2.75) is 45.3 Å². The monoisotopic (exact) mass is 398 g/mol. The van der Waals surface area contributed by atoms with Crippen LogP contribution >= 0.6 is 0 Å². The maximum absolute atomic E-state index is 13.0. The van der Waals surface area contributed by atoms with Gasteiger partial charge in [-0.1, -0.05) is 0 Å². The minimum absolute atomic E-state index is 0.0716. The van der Waals surface area contributed by atoms with Crippen LogP contribution in [0.4, 0.5) is 18.9 Å². The van der Waals surface area contributed by atoms with Crippen molar-refractivity contribution < 1.29 is 27.5 Å². The van der Waals surface area contributed by atoms with E-state index in [0.717, 1.165) is 17.7 Å². The summed E-state index contributed by atoms with van der Waals surface area (Å²) in [6, 6.07) is 6.42. The van der Waals surface area contributed by atoms with Crippen molar-refractivity contribution in [3.8, 4) is 5.75 Å². The molecule has 1 aliphatic carbocycles. The van der Waals surface area contributed by atoms with Crippen LogP contribution in [0, 0.1) is 11.8 Å². The average molecular weight is 398 g/mol. The molecule has 2 aliphatic rings. The van der Waals surface area contributed by atoms with Gasteiger partial charge in [0.1, 0.15) is 12.3 Å². The second-order valence-corrected chi connectivity index (χ2v) is 7.49. The number of benzene rings is 1. The molecule has 1 saturated heterocycles. The molecule has 1 aliphatic heterocycles. The molecule has 8 heteroatoms. The van der Waals surface area contributed by atoms with E-state index in [2.05, 4.69) is 0 Å². The first kappa shape index (κ1) is 20.5. The summed E-state index contributed by atoms with van der Waals surface area (Å²) < 4.78 is 44.5. The van der Waals surface area contributed by atoms with Crippen molar-refractivity contribution in [3.63, 3.8) is 0 Å². The molecule has 0 radical (unpaired) electrons. The molecule has 2 atom stereocenters. The molecule has 5 nitrogen and oxygen atoms in total. The van der Waals surface area contributed by atoms with Gasteiger partial charge in [-0.25, -0.2) is 0 Å². The standard InChI is InChI=1S/C20H25F3N2O3/c1-3-28-17-8-6-16(7-9-17)24-11-15(10-18(24)26)19(27)25(12-20(21,22)23)13(2)14-4-5-14/h6-9,13-15H,3-5,10-12H2,1-2H3/t13-,15-/m1/s1. The van der Waals surface area contributed by atoms with Gasteiger partial charge in [0.25, 0.3) is 0 Å². The Kier molecular flexibility index (Phi) is 5.86. The molecule has 1 heterocycles. The van der Waals surface area contributed by atoms with Crippen LogP contribution in [0.5, 0.6) is 5.75 Å². The van der Waals surface area contributed by atoms with Gasteiger partial charge in [-0.05, 0) is 56.9 Å². The molecule has 2 fully saturated rings. The van der Waals surface area contributed by atoms with Crippen molar-refractivity contribution in [1.29, 1.82) is 0 Å². The van der Waals surface area contributed by atoms with Gasteiger partial charge in [0.2, 0.25) is 11.8 Å². The summed E-state index contributed by atoms with van der Waals surface area (Å²) in [4.78, 5) is 27.7. The fourth-order valence-electron chi connectivity index (χ4n) is 3.69. The molecule has 1 aromatic carbocycles. The Bertz CT molecular complexity index is 716. The van der Waals surface area contributed by atoms with Gasteiger partial charge in [0.05, 0.1) is 12.5 Å². The molecule has 0 spiro atoms. The highest BCUT2D eigenvalue weighted by molar-refractivity contribution is 6.00. The third-order valence-electron chi connectivity index (χ3n) is 5.36. The van der Waals surface area contributed by atoms with E-state index in [1.807, 2.05) is 6.92 Å². The maximum atomic E-state index is 13.0. The lowest BCUT2D eigenvalue weighted by molar-refractivity contribution is -0.168. The SMILES string of the molecule is CCOc1ccc(N2C[C@H](C(=O)N(CC(F)(F)F)[C@H](C)C3CC3)CC2=O)cc1. The summed E-state index contributed by atoms with van der Waals surface area (Å²) in [5, 5.41) is 0. The van der Waals surface area contributed by atoms with Crippen LogP contribution in [0.2, 0.25) is 0 Å². The highest BCUT2D eigenvalue weighted by atomic mass is 19.4. The summed E-state index contributed by atoms with van der Waals surface area (Å²) in [6.45, 7) is 2.88. The molecule has 1 saturated carbocycles. The predicted molar refractivity (Wildman–Crippen MR) is 98.0 cm³/mol. The Labute approximate surface area is 162 Å². The zero-order valence-electron chi connectivity index (χ0n) is 16.0. The maximum Gasteiger partial charge on any atom is 0.406 e. The molecule has 0 N–H and O–H groups in total. The molecule has 1 aromatic rings. The van der Waals surface area contributed by atoms with E-state index in [1.165, 1.54) is 4.90 Å².